The van der Waals surface area contributed by atoms with Crippen LogP contribution in [0.1, 0.15) is 22.3 Å². The Bertz CT molecular complexity index is 943. The van der Waals surface area contributed by atoms with Crippen molar-refractivity contribution in [2.24, 2.45) is 0 Å². The van der Waals surface area contributed by atoms with Crippen LogP contribution in [-0.2, 0) is 14.4 Å². The Balaban J connectivity index is 1.56. The van der Waals surface area contributed by atoms with Crippen molar-refractivity contribution in [2.45, 2.75) is 13.8 Å². The maximum absolute atomic E-state index is 12.4. The SMILES string of the molecule is CCN1CCN(CC(=O)NNC(=O)c2sc(-c3ccccc3)nc2C)C(=O)C1=O. The van der Waals surface area contributed by atoms with E-state index >= 15 is 0 Å². The molecule has 1 saturated heterocycles. The maximum atomic E-state index is 12.4. The molecule has 2 heterocycles. The van der Waals surface area contributed by atoms with Crippen LogP contribution in [0.15, 0.2) is 30.3 Å². The molecule has 1 fully saturated rings. The van der Waals surface area contributed by atoms with Gasteiger partial charge in [-0.3, -0.25) is 30.0 Å². The van der Waals surface area contributed by atoms with Gasteiger partial charge in [0, 0.05) is 25.2 Å². The highest BCUT2D eigenvalue weighted by atomic mass is 32.1. The Morgan fingerprint density at radius 1 is 1.07 bits per heavy atom. The number of amides is 4. The fourth-order valence-electron chi connectivity index (χ4n) is 2.88. The van der Waals surface area contributed by atoms with Crippen molar-refractivity contribution in [3.63, 3.8) is 0 Å². The number of hydrazine groups is 1. The van der Waals surface area contributed by atoms with Crippen LogP contribution in [0.2, 0.25) is 0 Å². The Kier molecular flexibility index (Phi) is 6.23. The zero-order valence-electron chi connectivity index (χ0n) is 16.1. The molecule has 29 heavy (non-hydrogen) atoms. The minimum absolute atomic E-state index is 0.272. The molecule has 152 valence electrons. The molecule has 0 radical (unpaired) electrons. The second-order valence-corrected chi connectivity index (χ2v) is 7.41. The Hall–Kier alpha value is -3.27. The molecule has 1 aromatic carbocycles. The van der Waals surface area contributed by atoms with E-state index in [1.807, 2.05) is 30.3 Å². The molecule has 0 unspecified atom stereocenters. The Morgan fingerprint density at radius 3 is 2.41 bits per heavy atom. The van der Waals surface area contributed by atoms with Gasteiger partial charge in [-0.1, -0.05) is 30.3 Å². The summed E-state index contributed by atoms with van der Waals surface area (Å²) in [6.45, 7) is 4.29. The number of nitrogens with one attached hydrogen (secondary N) is 2. The Morgan fingerprint density at radius 2 is 1.72 bits per heavy atom. The molecule has 1 aromatic heterocycles. The van der Waals surface area contributed by atoms with Crippen LogP contribution in [0.4, 0.5) is 0 Å². The van der Waals surface area contributed by atoms with Crippen molar-refractivity contribution in [3.8, 4) is 10.6 Å². The summed E-state index contributed by atoms with van der Waals surface area (Å²) in [5, 5.41) is 0.706. The molecule has 0 aliphatic carbocycles. The highest BCUT2D eigenvalue weighted by molar-refractivity contribution is 7.17. The maximum Gasteiger partial charge on any atom is 0.312 e. The minimum Gasteiger partial charge on any atom is -0.333 e. The number of aromatic nitrogens is 1. The topological polar surface area (TPSA) is 112 Å². The highest BCUT2D eigenvalue weighted by Crippen LogP contribution is 2.27. The van der Waals surface area contributed by atoms with E-state index < -0.39 is 23.6 Å². The second-order valence-electron chi connectivity index (χ2n) is 6.41. The van der Waals surface area contributed by atoms with Gasteiger partial charge in [0.15, 0.2) is 0 Å². The van der Waals surface area contributed by atoms with Crippen molar-refractivity contribution in [1.29, 1.82) is 0 Å². The third kappa shape index (κ3) is 4.60. The summed E-state index contributed by atoms with van der Waals surface area (Å²) < 4.78 is 0. The number of hydrogen-bond donors (Lipinski definition) is 2. The van der Waals surface area contributed by atoms with Gasteiger partial charge < -0.3 is 9.80 Å². The van der Waals surface area contributed by atoms with E-state index in [0.29, 0.717) is 28.7 Å². The van der Waals surface area contributed by atoms with E-state index in [2.05, 4.69) is 15.8 Å². The van der Waals surface area contributed by atoms with E-state index in [1.165, 1.54) is 21.1 Å². The summed E-state index contributed by atoms with van der Waals surface area (Å²) in [6.07, 6.45) is 0. The van der Waals surface area contributed by atoms with E-state index in [-0.39, 0.29) is 13.1 Å². The van der Waals surface area contributed by atoms with Crippen LogP contribution in [0.5, 0.6) is 0 Å². The monoisotopic (exact) mass is 415 g/mol. The van der Waals surface area contributed by atoms with Gasteiger partial charge in [0.25, 0.3) is 11.8 Å². The average Bonchev–Trinajstić information content (AvgIpc) is 3.12. The van der Waals surface area contributed by atoms with Crippen molar-refractivity contribution in [1.82, 2.24) is 25.6 Å². The van der Waals surface area contributed by atoms with Crippen molar-refractivity contribution >= 4 is 35.0 Å². The molecule has 2 N–H and O–H groups in total. The standard InChI is InChI=1S/C19H21N5O4S/c1-3-23-9-10-24(19(28)18(23)27)11-14(25)21-22-16(26)15-12(2)20-17(29-15)13-7-5-4-6-8-13/h4-8H,3,9-11H2,1-2H3,(H,21,25)(H,22,26). The van der Waals surface area contributed by atoms with Gasteiger partial charge >= 0.3 is 11.8 Å². The first-order chi connectivity index (χ1) is 13.9. The van der Waals surface area contributed by atoms with Crippen LogP contribution < -0.4 is 10.9 Å². The normalized spacial score (nSPS) is 14.1. The van der Waals surface area contributed by atoms with Gasteiger partial charge in [0.2, 0.25) is 0 Å². The molecule has 0 spiro atoms. The first kappa shape index (κ1) is 20.5. The van der Waals surface area contributed by atoms with Gasteiger partial charge in [-0.25, -0.2) is 4.98 Å². The molecule has 0 atom stereocenters. The van der Waals surface area contributed by atoms with Crippen molar-refractivity contribution in [3.05, 3.63) is 40.9 Å². The van der Waals surface area contributed by atoms with Crippen LogP contribution in [0.3, 0.4) is 0 Å². The molecule has 0 saturated carbocycles. The summed E-state index contributed by atoms with van der Waals surface area (Å²) in [5.41, 5.74) is 6.08. The van der Waals surface area contributed by atoms with Crippen LogP contribution in [0.25, 0.3) is 10.6 Å². The lowest BCUT2D eigenvalue weighted by Gasteiger charge is -2.32. The van der Waals surface area contributed by atoms with Crippen LogP contribution in [-0.4, -0.2) is 64.6 Å². The molecular formula is C19H21N5O4S. The summed E-state index contributed by atoms with van der Waals surface area (Å²) in [6, 6.07) is 9.47. The van der Waals surface area contributed by atoms with Gasteiger partial charge in [-0.2, -0.15) is 0 Å². The second kappa shape index (κ2) is 8.82. The highest BCUT2D eigenvalue weighted by Gasteiger charge is 2.32. The smallest absolute Gasteiger partial charge is 0.312 e. The molecule has 1 aliphatic heterocycles. The van der Waals surface area contributed by atoms with Crippen LogP contribution >= 0.6 is 11.3 Å². The lowest BCUT2D eigenvalue weighted by Crippen LogP contribution is -2.57. The number of carbonyl (C=O) groups excluding carboxylic acids is 4. The molecule has 1 aliphatic rings. The molecule has 4 amide bonds. The third-order valence-electron chi connectivity index (χ3n) is 4.45. The number of rotatable bonds is 5. The number of thiazole rings is 1. The number of carbonyl (C=O) groups is 4. The molecule has 10 heteroatoms. The predicted molar refractivity (Wildman–Crippen MR) is 107 cm³/mol. The van der Waals surface area contributed by atoms with E-state index in [9.17, 15) is 19.2 Å². The van der Waals surface area contributed by atoms with E-state index in [0.717, 1.165) is 5.56 Å². The lowest BCUT2D eigenvalue weighted by atomic mass is 10.2. The summed E-state index contributed by atoms with van der Waals surface area (Å²) in [7, 11) is 0. The minimum atomic E-state index is -0.717. The van der Waals surface area contributed by atoms with E-state index in [4.69, 9.17) is 0 Å². The van der Waals surface area contributed by atoms with Gasteiger partial charge in [-0.15, -0.1) is 11.3 Å². The fraction of sp³-hybridized carbons (Fsp3) is 0.316. The molecule has 9 nitrogen and oxygen atoms in total. The number of aryl methyl sites for hydroxylation is 1. The number of benzene rings is 1. The summed E-state index contributed by atoms with van der Waals surface area (Å²) in [5.74, 6) is -2.42. The number of hydrogen-bond acceptors (Lipinski definition) is 6. The van der Waals surface area contributed by atoms with Gasteiger partial charge in [0.1, 0.15) is 16.4 Å². The zero-order chi connectivity index (χ0) is 21.0. The molecule has 0 bridgehead atoms. The largest absolute Gasteiger partial charge is 0.333 e. The van der Waals surface area contributed by atoms with Gasteiger partial charge in [-0.05, 0) is 13.8 Å². The summed E-state index contributed by atoms with van der Waals surface area (Å²) >= 11 is 1.22. The number of piperazine rings is 1. The molecule has 2 aromatic rings. The first-order valence-corrected chi connectivity index (χ1v) is 9.92. The number of likely N-dealkylation sites (N-methyl/N-ethyl adjacent to an activating group) is 1. The third-order valence-corrected chi connectivity index (χ3v) is 5.66. The predicted octanol–water partition coefficient (Wildman–Crippen LogP) is 0.570. The molecule has 3 rings (SSSR count). The quantitative estimate of drug-likeness (QED) is 0.548. The van der Waals surface area contributed by atoms with Crippen LogP contribution in [0, 0.1) is 6.92 Å². The van der Waals surface area contributed by atoms with Gasteiger partial charge in [0.05, 0.1) is 5.69 Å². The summed E-state index contributed by atoms with van der Waals surface area (Å²) in [4.78, 5) is 55.8. The average molecular weight is 415 g/mol. The van der Waals surface area contributed by atoms with Crippen molar-refractivity contribution < 1.29 is 19.2 Å². The number of nitrogens with zero attached hydrogens (tertiary/aromatic N) is 3. The first-order valence-electron chi connectivity index (χ1n) is 9.11. The zero-order valence-corrected chi connectivity index (χ0v) is 16.9. The van der Waals surface area contributed by atoms with Crippen molar-refractivity contribution in [2.75, 3.05) is 26.2 Å². The lowest BCUT2D eigenvalue weighted by molar-refractivity contribution is -0.156. The van der Waals surface area contributed by atoms with E-state index in [1.54, 1.807) is 13.8 Å². The molecular weight excluding hydrogens is 394 g/mol. The Labute approximate surface area is 171 Å². The fourth-order valence-corrected chi connectivity index (χ4v) is 3.84.